The van der Waals surface area contributed by atoms with Gasteiger partial charge >= 0.3 is 5.97 Å². The highest BCUT2D eigenvalue weighted by Gasteiger charge is 2.03. The first kappa shape index (κ1) is 51.0. The van der Waals surface area contributed by atoms with Gasteiger partial charge in [0.1, 0.15) is 6.61 Å². The highest BCUT2D eigenvalue weighted by Crippen LogP contribution is 2.10. The van der Waals surface area contributed by atoms with E-state index in [4.69, 9.17) is 56.8 Å². The lowest BCUT2D eigenvalue weighted by molar-refractivity contribution is -0.145. The van der Waals surface area contributed by atoms with E-state index in [0.29, 0.717) is 152 Å². The maximum atomic E-state index is 11.8. The molecule has 0 atom stereocenters. The lowest BCUT2D eigenvalue weighted by atomic mass is 10.1. The van der Waals surface area contributed by atoms with E-state index in [1.165, 1.54) is 44.9 Å². The Labute approximate surface area is 316 Å². The maximum absolute atomic E-state index is 11.8. The fourth-order valence-electron chi connectivity index (χ4n) is 4.41. The maximum Gasteiger partial charge on any atom is 0.305 e. The van der Waals surface area contributed by atoms with Crippen molar-refractivity contribution in [1.29, 1.82) is 0 Å². The van der Waals surface area contributed by atoms with Crippen molar-refractivity contribution in [2.45, 2.75) is 71.1 Å². The SMILES string of the molecule is CCCCCCCCCCCC(=O)OCCOCCOCCOCCOCCOCCOCCOCCOCCOCCOCCOCCN(C)C. The van der Waals surface area contributed by atoms with Crippen LogP contribution in [0.5, 0.6) is 0 Å². The standard InChI is InChI=1S/C38H77NO13/c1-4-5-6-7-8-9-10-11-12-13-38(40)52-37-36-51-35-34-50-33-32-49-31-30-48-29-28-47-27-26-46-25-24-45-23-22-44-21-20-43-19-18-42-17-16-41-15-14-39(2)3/h4-37H2,1-3H3. The number of carbonyl (C=O) groups is 1. The molecule has 0 saturated carbocycles. The largest absolute Gasteiger partial charge is 0.463 e. The second-order valence-electron chi connectivity index (χ2n) is 12.3. The smallest absolute Gasteiger partial charge is 0.305 e. The number of hydrogen-bond acceptors (Lipinski definition) is 14. The summed E-state index contributed by atoms with van der Waals surface area (Å²) in [6.07, 6.45) is 11.6. The van der Waals surface area contributed by atoms with E-state index >= 15 is 0 Å². The molecule has 0 aromatic rings. The second kappa shape index (κ2) is 46.1. The molecule has 0 amide bonds. The van der Waals surface area contributed by atoms with Gasteiger partial charge in [0.2, 0.25) is 0 Å². The minimum absolute atomic E-state index is 0.136. The zero-order chi connectivity index (χ0) is 37.7. The van der Waals surface area contributed by atoms with Gasteiger partial charge in [-0.2, -0.15) is 0 Å². The van der Waals surface area contributed by atoms with Gasteiger partial charge in [-0.15, -0.1) is 0 Å². The minimum Gasteiger partial charge on any atom is -0.463 e. The molecule has 14 nitrogen and oxygen atoms in total. The van der Waals surface area contributed by atoms with E-state index in [9.17, 15) is 4.79 Å². The normalized spacial score (nSPS) is 11.6. The van der Waals surface area contributed by atoms with Crippen LogP contribution in [0.2, 0.25) is 0 Å². The van der Waals surface area contributed by atoms with Gasteiger partial charge in [-0.05, 0) is 20.5 Å². The summed E-state index contributed by atoms with van der Waals surface area (Å²) in [7, 11) is 4.04. The number of nitrogens with zero attached hydrogens (tertiary/aromatic N) is 1. The van der Waals surface area contributed by atoms with Gasteiger partial charge in [0, 0.05) is 13.0 Å². The third-order valence-electron chi connectivity index (χ3n) is 7.38. The van der Waals surface area contributed by atoms with E-state index in [-0.39, 0.29) is 12.6 Å². The molecule has 14 heteroatoms. The van der Waals surface area contributed by atoms with Crippen molar-refractivity contribution in [1.82, 2.24) is 4.90 Å². The predicted molar refractivity (Wildman–Crippen MR) is 200 cm³/mol. The number of hydrogen-bond donors (Lipinski definition) is 0. The average Bonchev–Trinajstić information content (AvgIpc) is 3.13. The van der Waals surface area contributed by atoms with Crippen LogP contribution in [-0.4, -0.2) is 183 Å². The van der Waals surface area contributed by atoms with E-state index in [2.05, 4.69) is 11.8 Å². The molecule has 312 valence electrons. The van der Waals surface area contributed by atoms with Crippen LogP contribution in [0.1, 0.15) is 71.1 Å². The molecule has 0 heterocycles. The molecule has 0 aliphatic rings. The molecule has 0 aromatic carbocycles. The highest BCUT2D eigenvalue weighted by molar-refractivity contribution is 5.69. The van der Waals surface area contributed by atoms with Gasteiger partial charge in [-0.3, -0.25) is 4.79 Å². The summed E-state index contributed by atoms with van der Waals surface area (Å²) >= 11 is 0. The van der Waals surface area contributed by atoms with E-state index < -0.39 is 0 Å². The van der Waals surface area contributed by atoms with Crippen LogP contribution in [0.15, 0.2) is 0 Å². The van der Waals surface area contributed by atoms with Crippen LogP contribution >= 0.6 is 0 Å². The summed E-state index contributed by atoms with van der Waals surface area (Å²) in [6.45, 7) is 14.8. The molecule has 52 heavy (non-hydrogen) atoms. The first-order valence-corrected chi connectivity index (χ1v) is 19.8. The molecule has 0 unspecified atom stereocenters. The second-order valence-corrected chi connectivity index (χ2v) is 12.3. The molecule has 0 N–H and O–H groups in total. The number of rotatable bonds is 46. The summed E-state index contributed by atoms with van der Waals surface area (Å²) < 4.78 is 65.5. The van der Waals surface area contributed by atoms with Crippen LogP contribution in [0.3, 0.4) is 0 Å². The van der Waals surface area contributed by atoms with Crippen molar-refractivity contribution < 1.29 is 61.6 Å². The molecule has 0 rings (SSSR count). The van der Waals surface area contributed by atoms with E-state index in [1.54, 1.807) is 0 Å². The Hall–Kier alpha value is -1.01. The molecule has 0 aliphatic heterocycles. The van der Waals surface area contributed by atoms with Crippen molar-refractivity contribution in [2.24, 2.45) is 0 Å². The summed E-state index contributed by atoms with van der Waals surface area (Å²) in [4.78, 5) is 13.9. The van der Waals surface area contributed by atoms with Crippen molar-refractivity contribution in [3.63, 3.8) is 0 Å². The van der Waals surface area contributed by atoms with Crippen molar-refractivity contribution >= 4 is 5.97 Å². The predicted octanol–water partition coefficient (Wildman–Crippen LogP) is 4.19. The van der Waals surface area contributed by atoms with Crippen molar-refractivity contribution in [3.8, 4) is 0 Å². The third kappa shape index (κ3) is 47.0. The highest BCUT2D eigenvalue weighted by atomic mass is 16.6. The zero-order valence-electron chi connectivity index (χ0n) is 33.3. The fraction of sp³-hybridized carbons (Fsp3) is 0.974. The number of esters is 1. The van der Waals surface area contributed by atoms with Crippen molar-refractivity contribution in [2.75, 3.05) is 173 Å². The Morgan fingerprint density at radius 2 is 0.596 bits per heavy atom. The Morgan fingerprint density at radius 1 is 0.346 bits per heavy atom. The third-order valence-corrected chi connectivity index (χ3v) is 7.38. The number of unbranched alkanes of at least 4 members (excludes halogenated alkanes) is 8. The number of likely N-dealkylation sites (N-methyl/N-ethyl adjacent to an activating group) is 1. The molecule has 0 fully saturated rings. The van der Waals surface area contributed by atoms with Gasteiger partial charge in [-0.25, -0.2) is 0 Å². The number of carbonyl (C=O) groups excluding carboxylic acids is 1. The molecule has 0 aliphatic carbocycles. The van der Waals surface area contributed by atoms with E-state index in [1.807, 2.05) is 14.1 Å². The first-order valence-electron chi connectivity index (χ1n) is 19.8. The van der Waals surface area contributed by atoms with Crippen LogP contribution in [0, 0.1) is 0 Å². The Morgan fingerprint density at radius 3 is 0.885 bits per heavy atom. The average molecular weight is 756 g/mol. The van der Waals surface area contributed by atoms with Crippen molar-refractivity contribution in [3.05, 3.63) is 0 Å². The molecule has 0 radical (unpaired) electrons. The summed E-state index contributed by atoms with van der Waals surface area (Å²) in [5.41, 5.74) is 0. The van der Waals surface area contributed by atoms with Crippen LogP contribution < -0.4 is 0 Å². The van der Waals surface area contributed by atoms with Gasteiger partial charge in [0.05, 0.1) is 145 Å². The Balaban J connectivity index is 3.11. The Bertz CT molecular complexity index is 679. The minimum atomic E-state index is -0.136. The quantitative estimate of drug-likeness (QED) is 0.0650. The molecule has 0 aromatic heterocycles. The zero-order valence-corrected chi connectivity index (χ0v) is 33.3. The molecule has 0 saturated heterocycles. The molecule has 0 spiro atoms. The van der Waals surface area contributed by atoms with Gasteiger partial charge < -0.3 is 61.7 Å². The monoisotopic (exact) mass is 756 g/mol. The van der Waals surface area contributed by atoms with Gasteiger partial charge in [-0.1, -0.05) is 58.3 Å². The lowest BCUT2D eigenvalue weighted by Gasteiger charge is -2.10. The molecular weight excluding hydrogens is 678 g/mol. The fourth-order valence-corrected chi connectivity index (χ4v) is 4.41. The van der Waals surface area contributed by atoms with Gasteiger partial charge in [0.15, 0.2) is 0 Å². The summed E-state index contributed by atoms with van der Waals surface area (Å²) in [5, 5.41) is 0. The number of ether oxygens (including phenoxy) is 12. The first-order chi connectivity index (χ1) is 25.7. The Kier molecular flexibility index (Phi) is 45.2. The summed E-state index contributed by atoms with van der Waals surface area (Å²) in [5.74, 6) is -0.136. The van der Waals surface area contributed by atoms with Crippen LogP contribution in [0.25, 0.3) is 0 Å². The van der Waals surface area contributed by atoms with Crippen LogP contribution in [-0.2, 0) is 61.6 Å². The topological polar surface area (TPSA) is 131 Å². The van der Waals surface area contributed by atoms with Crippen LogP contribution in [0.4, 0.5) is 0 Å². The molecular formula is C38H77NO13. The molecule has 0 bridgehead atoms. The van der Waals surface area contributed by atoms with Gasteiger partial charge in [0.25, 0.3) is 0 Å². The lowest BCUT2D eigenvalue weighted by Crippen LogP contribution is -2.19. The summed E-state index contributed by atoms with van der Waals surface area (Å²) in [6, 6.07) is 0. The van der Waals surface area contributed by atoms with E-state index in [0.717, 1.165) is 19.4 Å².